The average molecular weight is 727 g/mol. The molecule has 1 aliphatic rings. The Bertz CT molecular complexity index is 1820. The fraction of sp³-hybridized carbons (Fsp3) is 0.297. The monoisotopic (exact) mass is 725 g/mol. The first-order valence-corrected chi connectivity index (χ1v) is 18.3. The van der Waals surface area contributed by atoms with Crippen molar-refractivity contribution in [2.24, 2.45) is 0 Å². The van der Waals surface area contributed by atoms with Gasteiger partial charge in [0.15, 0.2) is 0 Å². The Hall–Kier alpha value is -4.12. The molecule has 0 aromatic heterocycles. The van der Waals surface area contributed by atoms with Crippen LogP contribution in [-0.2, 0) is 32.6 Å². The molecule has 1 N–H and O–H groups in total. The van der Waals surface area contributed by atoms with E-state index in [1.807, 2.05) is 37.3 Å². The molecule has 0 radical (unpaired) electrons. The standard InChI is InChI=1S/C37H38Cl2FN3O5S/c1-2-48-30-19-17-29(18-20-30)43(49(46,47)31-21-15-27(40)16-22-31)25-36(44)42(24-32-33(38)13-8-14-34(32)39)35(23-26-9-4-3-5-10-26)37(45)41-28-11-6-7-12-28/h3-5,8-10,13-22,28,35H,2,6-7,11-12,23-25H2,1H3,(H,41,45)/t35-/m0/s1. The lowest BCUT2D eigenvalue weighted by molar-refractivity contribution is -0.140. The highest BCUT2D eigenvalue weighted by Gasteiger charge is 2.36. The summed E-state index contributed by atoms with van der Waals surface area (Å²) >= 11 is 13.2. The van der Waals surface area contributed by atoms with Gasteiger partial charge in [0.05, 0.1) is 17.2 Å². The van der Waals surface area contributed by atoms with E-state index in [4.69, 9.17) is 27.9 Å². The van der Waals surface area contributed by atoms with E-state index in [1.165, 1.54) is 17.0 Å². The molecule has 12 heteroatoms. The van der Waals surface area contributed by atoms with Crippen LogP contribution < -0.4 is 14.4 Å². The third-order valence-corrected chi connectivity index (χ3v) is 11.0. The van der Waals surface area contributed by atoms with Gasteiger partial charge in [0.1, 0.15) is 24.2 Å². The van der Waals surface area contributed by atoms with Gasteiger partial charge in [0.25, 0.3) is 10.0 Å². The molecule has 0 bridgehead atoms. The second-order valence-corrected chi connectivity index (χ2v) is 14.5. The molecule has 0 aliphatic heterocycles. The molecular weight excluding hydrogens is 688 g/mol. The minimum Gasteiger partial charge on any atom is -0.494 e. The van der Waals surface area contributed by atoms with E-state index in [0.717, 1.165) is 59.8 Å². The Morgan fingerprint density at radius 3 is 2.14 bits per heavy atom. The number of anilines is 1. The Balaban J connectivity index is 1.59. The maximum absolute atomic E-state index is 14.7. The molecule has 5 rings (SSSR count). The molecular formula is C37H38Cl2FN3O5S. The van der Waals surface area contributed by atoms with Crippen LogP contribution in [0.25, 0.3) is 0 Å². The molecule has 8 nitrogen and oxygen atoms in total. The van der Waals surface area contributed by atoms with Crippen LogP contribution in [0.4, 0.5) is 10.1 Å². The lowest BCUT2D eigenvalue weighted by Crippen LogP contribution is -2.54. The minimum atomic E-state index is -4.41. The first kappa shape index (κ1) is 36.2. The van der Waals surface area contributed by atoms with Gasteiger partial charge in [0.2, 0.25) is 11.8 Å². The normalized spacial score (nSPS) is 13.9. The topological polar surface area (TPSA) is 96.0 Å². The van der Waals surface area contributed by atoms with Gasteiger partial charge in [-0.15, -0.1) is 0 Å². The number of ether oxygens (including phenoxy) is 1. The number of carbonyl (C=O) groups excluding carboxylic acids is 2. The molecule has 0 spiro atoms. The van der Waals surface area contributed by atoms with Crippen molar-refractivity contribution in [3.8, 4) is 5.75 Å². The molecule has 4 aromatic rings. The van der Waals surface area contributed by atoms with Gasteiger partial charge >= 0.3 is 0 Å². The molecule has 2 amide bonds. The zero-order valence-electron chi connectivity index (χ0n) is 27.0. The summed E-state index contributed by atoms with van der Waals surface area (Å²) in [4.78, 5) is 30.0. The molecule has 1 aliphatic carbocycles. The summed E-state index contributed by atoms with van der Waals surface area (Å²) in [6.45, 7) is 1.38. The molecule has 0 heterocycles. The zero-order valence-corrected chi connectivity index (χ0v) is 29.4. The maximum atomic E-state index is 14.7. The number of halogens is 3. The summed E-state index contributed by atoms with van der Waals surface area (Å²) in [5.41, 5.74) is 1.39. The van der Waals surface area contributed by atoms with Crippen LogP contribution in [0.2, 0.25) is 10.0 Å². The predicted octanol–water partition coefficient (Wildman–Crippen LogP) is 7.43. The third kappa shape index (κ3) is 9.12. The van der Waals surface area contributed by atoms with Crippen molar-refractivity contribution in [2.45, 2.75) is 62.6 Å². The number of rotatable bonds is 14. The minimum absolute atomic E-state index is 0.0363. The van der Waals surface area contributed by atoms with E-state index in [2.05, 4.69) is 5.32 Å². The van der Waals surface area contributed by atoms with Gasteiger partial charge in [-0.3, -0.25) is 13.9 Å². The summed E-state index contributed by atoms with van der Waals surface area (Å²) in [6.07, 6.45) is 3.79. The van der Waals surface area contributed by atoms with E-state index >= 15 is 0 Å². The van der Waals surface area contributed by atoms with Crippen LogP contribution in [0.1, 0.15) is 43.7 Å². The molecule has 1 fully saturated rings. The van der Waals surface area contributed by atoms with Gasteiger partial charge in [-0.25, -0.2) is 12.8 Å². The van der Waals surface area contributed by atoms with Crippen LogP contribution in [0.5, 0.6) is 5.75 Å². The van der Waals surface area contributed by atoms with Crippen molar-refractivity contribution in [3.63, 3.8) is 0 Å². The van der Waals surface area contributed by atoms with E-state index in [1.54, 1.807) is 30.3 Å². The van der Waals surface area contributed by atoms with Crippen LogP contribution >= 0.6 is 23.2 Å². The van der Waals surface area contributed by atoms with Crippen LogP contribution in [0, 0.1) is 5.82 Å². The van der Waals surface area contributed by atoms with Gasteiger partial charge in [-0.2, -0.15) is 0 Å². The van der Waals surface area contributed by atoms with Crippen molar-refractivity contribution in [1.82, 2.24) is 10.2 Å². The lowest BCUT2D eigenvalue weighted by atomic mass is 10.0. The number of sulfonamides is 1. The fourth-order valence-electron chi connectivity index (χ4n) is 5.91. The molecule has 4 aromatic carbocycles. The highest BCUT2D eigenvalue weighted by molar-refractivity contribution is 7.92. The van der Waals surface area contributed by atoms with Crippen molar-refractivity contribution in [1.29, 1.82) is 0 Å². The summed E-state index contributed by atoms with van der Waals surface area (Å²) in [6, 6.07) is 23.8. The number of carbonyl (C=O) groups is 2. The van der Waals surface area contributed by atoms with E-state index < -0.39 is 34.3 Å². The highest BCUT2D eigenvalue weighted by Crippen LogP contribution is 2.30. The first-order chi connectivity index (χ1) is 23.6. The Kier molecular flexibility index (Phi) is 12.2. The smallest absolute Gasteiger partial charge is 0.264 e. The Morgan fingerprint density at radius 2 is 1.53 bits per heavy atom. The first-order valence-electron chi connectivity index (χ1n) is 16.1. The van der Waals surface area contributed by atoms with Gasteiger partial charge < -0.3 is 15.0 Å². The number of benzene rings is 4. The fourth-order valence-corrected chi connectivity index (χ4v) is 7.84. The number of hydrogen-bond acceptors (Lipinski definition) is 5. The number of nitrogens with one attached hydrogen (secondary N) is 1. The van der Waals surface area contributed by atoms with Crippen LogP contribution in [0.3, 0.4) is 0 Å². The number of amides is 2. The second kappa shape index (κ2) is 16.5. The van der Waals surface area contributed by atoms with Crippen LogP contribution in [-0.4, -0.2) is 50.4 Å². The van der Waals surface area contributed by atoms with Crippen LogP contribution in [0.15, 0.2) is 102 Å². The molecule has 1 saturated carbocycles. The molecule has 0 saturated heterocycles. The van der Waals surface area contributed by atoms with E-state index in [9.17, 15) is 22.4 Å². The third-order valence-electron chi connectivity index (χ3n) is 8.48. The molecule has 1 atom stereocenters. The molecule has 49 heavy (non-hydrogen) atoms. The highest BCUT2D eigenvalue weighted by atomic mass is 35.5. The quantitative estimate of drug-likeness (QED) is 0.146. The average Bonchev–Trinajstić information content (AvgIpc) is 3.60. The van der Waals surface area contributed by atoms with E-state index in [0.29, 0.717) is 28.0 Å². The maximum Gasteiger partial charge on any atom is 0.264 e. The van der Waals surface area contributed by atoms with Crippen molar-refractivity contribution < 1.29 is 27.1 Å². The summed E-state index contributed by atoms with van der Waals surface area (Å²) in [5.74, 6) is -1.12. The number of hydrogen-bond donors (Lipinski definition) is 1. The van der Waals surface area contributed by atoms with Crippen molar-refractivity contribution >= 4 is 50.7 Å². The molecule has 0 unspecified atom stereocenters. The van der Waals surface area contributed by atoms with Crippen molar-refractivity contribution in [3.05, 3.63) is 124 Å². The lowest BCUT2D eigenvalue weighted by Gasteiger charge is -2.34. The summed E-state index contributed by atoms with van der Waals surface area (Å²) in [5, 5.41) is 3.72. The van der Waals surface area contributed by atoms with Crippen molar-refractivity contribution in [2.75, 3.05) is 17.5 Å². The summed E-state index contributed by atoms with van der Waals surface area (Å²) in [7, 11) is -4.41. The molecule has 258 valence electrons. The SMILES string of the molecule is CCOc1ccc(N(CC(=O)N(Cc2c(Cl)cccc2Cl)[C@@H](Cc2ccccc2)C(=O)NC2CCCC2)S(=O)(=O)c2ccc(F)cc2)cc1. The Morgan fingerprint density at radius 1 is 0.898 bits per heavy atom. The largest absolute Gasteiger partial charge is 0.494 e. The number of nitrogens with zero attached hydrogens (tertiary/aromatic N) is 2. The van der Waals surface area contributed by atoms with Gasteiger partial charge in [-0.1, -0.05) is 72.4 Å². The predicted molar refractivity (Wildman–Crippen MR) is 190 cm³/mol. The van der Waals surface area contributed by atoms with E-state index in [-0.39, 0.29) is 35.5 Å². The summed E-state index contributed by atoms with van der Waals surface area (Å²) < 4.78 is 48.7. The van der Waals surface area contributed by atoms with Gasteiger partial charge in [-0.05, 0) is 86.0 Å². The second-order valence-electron chi connectivity index (χ2n) is 11.8. The van der Waals surface area contributed by atoms with Gasteiger partial charge in [0, 0.05) is 34.6 Å². The Labute approximate surface area is 296 Å². The zero-order chi connectivity index (χ0) is 35.0.